The van der Waals surface area contributed by atoms with Gasteiger partial charge >= 0.3 is 0 Å². The number of allylic oxidation sites excluding steroid dienone is 3. The summed E-state index contributed by atoms with van der Waals surface area (Å²) in [5, 5.41) is 0. The molecule has 0 aromatic heterocycles. The third-order valence-corrected chi connectivity index (χ3v) is 4.42. The largest absolute Gasteiger partial charge is 0.103 e. The Morgan fingerprint density at radius 2 is 0.864 bits per heavy atom. The molecule has 0 fully saturated rings. The van der Waals surface area contributed by atoms with Crippen LogP contribution in [0.5, 0.6) is 0 Å². The van der Waals surface area contributed by atoms with Crippen molar-refractivity contribution in [2.45, 2.75) is 116 Å². The van der Waals surface area contributed by atoms with Crippen molar-refractivity contribution >= 4 is 0 Å². The normalized spacial score (nSPS) is 11.3. The summed E-state index contributed by atoms with van der Waals surface area (Å²) in [6.07, 6.45) is 30.4. The van der Waals surface area contributed by atoms with Crippen molar-refractivity contribution in [2.75, 3.05) is 0 Å². The van der Waals surface area contributed by atoms with E-state index in [1.807, 2.05) is 6.08 Å². The van der Waals surface area contributed by atoms with Gasteiger partial charge in [-0.25, -0.2) is 0 Å². The molecule has 130 valence electrons. The number of unbranched alkanes of at least 4 members (excludes halogenated alkanes) is 15. The fourth-order valence-electron chi connectivity index (χ4n) is 2.89. The summed E-state index contributed by atoms with van der Waals surface area (Å²) in [4.78, 5) is 0. The van der Waals surface area contributed by atoms with E-state index < -0.39 is 0 Å². The van der Waals surface area contributed by atoms with Crippen molar-refractivity contribution in [3.8, 4) is 0 Å². The molecule has 0 spiro atoms. The van der Waals surface area contributed by atoms with Gasteiger partial charge in [-0.3, -0.25) is 0 Å². The minimum absolute atomic E-state index is 1.20. The highest BCUT2D eigenvalue weighted by atomic mass is 14.0. The molecule has 0 nitrogen and oxygen atoms in total. The molecule has 0 aliphatic rings. The quantitative estimate of drug-likeness (QED) is 0.176. The minimum atomic E-state index is 1.20. The summed E-state index contributed by atoms with van der Waals surface area (Å²) >= 11 is 0. The Kier molecular flexibility index (Phi) is 20.0. The third kappa shape index (κ3) is 19.5. The van der Waals surface area contributed by atoms with Crippen LogP contribution < -0.4 is 0 Å². The van der Waals surface area contributed by atoms with Gasteiger partial charge in [0.2, 0.25) is 0 Å². The van der Waals surface area contributed by atoms with Crippen LogP contribution in [0.3, 0.4) is 0 Å². The molecular formula is C22H42. The molecule has 0 saturated heterocycles. The van der Waals surface area contributed by atoms with E-state index in [1.165, 1.54) is 109 Å². The van der Waals surface area contributed by atoms with Gasteiger partial charge in [0.25, 0.3) is 0 Å². The summed E-state index contributed by atoms with van der Waals surface area (Å²) < 4.78 is 0. The van der Waals surface area contributed by atoms with Crippen molar-refractivity contribution in [1.29, 1.82) is 0 Å². The second kappa shape index (κ2) is 20.5. The van der Waals surface area contributed by atoms with E-state index >= 15 is 0 Å². The number of hydrogen-bond acceptors (Lipinski definition) is 0. The fourth-order valence-corrected chi connectivity index (χ4v) is 2.89. The summed E-state index contributed by atoms with van der Waals surface area (Å²) in [5.74, 6) is 0. The smallest absolute Gasteiger partial charge is 0.0351 e. The molecule has 0 rings (SSSR count). The Hall–Kier alpha value is -0.520. The van der Waals surface area contributed by atoms with E-state index in [0.29, 0.717) is 0 Å². The highest BCUT2D eigenvalue weighted by Crippen LogP contribution is 2.11. The predicted molar refractivity (Wildman–Crippen MR) is 104 cm³/mol. The molecule has 0 radical (unpaired) electrons. The molecule has 0 atom stereocenters. The first-order chi connectivity index (χ1) is 10.9. The van der Waals surface area contributed by atoms with Crippen LogP contribution >= 0.6 is 0 Å². The zero-order valence-electron chi connectivity index (χ0n) is 15.5. The Morgan fingerprint density at radius 1 is 0.500 bits per heavy atom. The number of rotatable bonds is 18. The van der Waals surface area contributed by atoms with Gasteiger partial charge in [0.15, 0.2) is 0 Å². The lowest BCUT2D eigenvalue weighted by atomic mass is 10.1. The first-order valence-corrected chi connectivity index (χ1v) is 10.2. The molecule has 22 heavy (non-hydrogen) atoms. The topological polar surface area (TPSA) is 0 Å². The van der Waals surface area contributed by atoms with E-state index in [1.54, 1.807) is 0 Å². The zero-order chi connectivity index (χ0) is 16.1. The standard InChI is InChI=1S/C22H42/c1-3-5-7-9-11-13-15-17-19-21-22-20-18-16-14-12-10-8-6-4-2/h3,18,20H,1,4-17,19,21-22H2,2H3. The van der Waals surface area contributed by atoms with Crippen LogP contribution in [0, 0.1) is 0 Å². The minimum Gasteiger partial charge on any atom is -0.103 e. The van der Waals surface area contributed by atoms with Crippen LogP contribution in [0.1, 0.15) is 116 Å². The van der Waals surface area contributed by atoms with Crippen molar-refractivity contribution in [2.24, 2.45) is 0 Å². The predicted octanol–water partition coefficient (Wildman–Crippen LogP) is 8.38. The maximum absolute atomic E-state index is 3.77. The average molecular weight is 307 g/mol. The van der Waals surface area contributed by atoms with Gasteiger partial charge in [0.05, 0.1) is 0 Å². The molecule has 0 unspecified atom stereocenters. The highest BCUT2D eigenvalue weighted by molar-refractivity contribution is 4.81. The zero-order valence-corrected chi connectivity index (χ0v) is 15.5. The van der Waals surface area contributed by atoms with Crippen LogP contribution in [-0.2, 0) is 0 Å². The van der Waals surface area contributed by atoms with Crippen LogP contribution in [-0.4, -0.2) is 0 Å². The van der Waals surface area contributed by atoms with Gasteiger partial charge in [0.1, 0.15) is 0 Å². The van der Waals surface area contributed by atoms with E-state index in [-0.39, 0.29) is 0 Å². The monoisotopic (exact) mass is 306 g/mol. The molecule has 0 amide bonds. The van der Waals surface area contributed by atoms with Gasteiger partial charge in [-0.1, -0.05) is 95.8 Å². The molecule has 0 aromatic carbocycles. The Labute approximate surface area is 141 Å². The van der Waals surface area contributed by atoms with E-state index in [9.17, 15) is 0 Å². The van der Waals surface area contributed by atoms with Gasteiger partial charge < -0.3 is 0 Å². The summed E-state index contributed by atoms with van der Waals surface area (Å²) in [6.45, 7) is 6.05. The van der Waals surface area contributed by atoms with Gasteiger partial charge in [0, 0.05) is 0 Å². The van der Waals surface area contributed by atoms with Crippen LogP contribution in [0.2, 0.25) is 0 Å². The SMILES string of the molecule is C=CCCCCCCCCCCC=CCCCCCCCC. The number of hydrogen-bond donors (Lipinski definition) is 0. The van der Waals surface area contributed by atoms with Gasteiger partial charge in [-0.05, 0) is 38.5 Å². The maximum Gasteiger partial charge on any atom is -0.0351 e. The first-order valence-electron chi connectivity index (χ1n) is 10.2. The highest BCUT2D eigenvalue weighted by Gasteiger charge is 1.92. The first kappa shape index (κ1) is 21.5. The molecular weight excluding hydrogens is 264 g/mol. The third-order valence-electron chi connectivity index (χ3n) is 4.42. The molecule has 0 aliphatic carbocycles. The van der Waals surface area contributed by atoms with Crippen molar-refractivity contribution < 1.29 is 0 Å². The van der Waals surface area contributed by atoms with E-state index in [2.05, 4.69) is 25.7 Å². The van der Waals surface area contributed by atoms with Gasteiger partial charge in [-0.15, -0.1) is 6.58 Å². The Bertz CT molecular complexity index is 226. The molecule has 0 N–H and O–H groups in total. The summed E-state index contributed by atoms with van der Waals surface area (Å²) in [5.41, 5.74) is 0. The lowest BCUT2D eigenvalue weighted by molar-refractivity contribution is 0.571. The van der Waals surface area contributed by atoms with Crippen molar-refractivity contribution in [1.82, 2.24) is 0 Å². The van der Waals surface area contributed by atoms with Crippen LogP contribution in [0.25, 0.3) is 0 Å². The maximum atomic E-state index is 3.77. The van der Waals surface area contributed by atoms with Crippen LogP contribution in [0.4, 0.5) is 0 Å². The molecule has 0 aliphatic heterocycles. The van der Waals surface area contributed by atoms with Crippen molar-refractivity contribution in [3.05, 3.63) is 24.8 Å². The molecule has 0 aromatic rings. The molecule has 0 saturated carbocycles. The average Bonchev–Trinajstić information content (AvgIpc) is 2.54. The lowest BCUT2D eigenvalue weighted by Crippen LogP contribution is -1.81. The summed E-state index contributed by atoms with van der Waals surface area (Å²) in [7, 11) is 0. The second-order valence-corrected chi connectivity index (χ2v) is 6.72. The molecule has 0 bridgehead atoms. The second-order valence-electron chi connectivity index (χ2n) is 6.72. The van der Waals surface area contributed by atoms with E-state index in [4.69, 9.17) is 0 Å². The van der Waals surface area contributed by atoms with E-state index in [0.717, 1.165) is 0 Å². The van der Waals surface area contributed by atoms with Crippen LogP contribution in [0.15, 0.2) is 24.8 Å². The Morgan fingerprint density at radius 3 is 1.27 bits per heavy atom. The van der Waals surface area contributed by atoms with Crippen molar-refractivity contribution in [3.63, 3.8) is 0 Å². The molecule has 0 heteroatoms. The molecule has 0 heterocycles. The fraction of sp³-hybridized carbons (Fsp3) is 0.818. The summed E-state index contributed by atoms with van der Waals surface area (Å²) in [6, 6.07) is 0. The van der Waals surface area contributed by atoms with Gasteiger partial charge in [-0.2, -0.15) is 0 Å². The Balaban J connectivity index is 3.03. The lowest BCUT2D eigenvalue weighted by Gasteiger charge is -2.01.